The number of carbonyl (C=O) groups excluding carboxylic acids is 1. The minimum atomic E-state index is -0.0961. The molecule has 0 radical (unpaired) electrons. The van der Waals surface area contributed by atoms with Crippen molar-refractivity contribution in [1.82, 2.24) is 10.2 Å². The molecule has 0 spiro atoms. The van der Waals surface area contributed by atoms with E-state index in [0.717, 1.165) is 25.1 Å². The van der Waals surface area contributed by atoms with Crippen LogP contribution in [0.4, 0.5) is 0 Å². The maximum atomic E-state index is 12.4. The van der Waals surface area contributed by atoms with Gasteiger partial charge >= 0.3 is 0 Å². The predicted molar refractivity (Wildman–Crippen MR) is 86.1 cm³/mol. The number of thiophene rings is 1. The van der Waals surface area contributed by atoms with Crippen LogP contribution in [0.25, 0.3) is 0 Å². The van der Waals surface area contributed by atoms with Gasteiger partial charge in [0.1, 0.15) is 0 Å². The third kappa shape index (κ3) is 3.35. The lowest BCUT2D eigenvalue weighted by atomic mass is 10.1. The minimum Gasteiger partial charge on any atom is -0.337 e. The first-order valence-corrected chi connectivity index (χ1v) is 8.18. The van der Waals surface area contributed by atoms with E-state index in [1.807, 2.05) is 34.5 Å². The van der Waals surface area contributed by atoms with Gasteiger partial charge in [-0.1, -0.05) is 18.2 Å². The van der Waals surface area contributed by atoms with E-state index in [1.165, 1.54) is 4.88 Å². The Morgan fingerprint density at radius 1 is 1.36 bits per heavy atom. The Balaban J connectivity index is 1.57. The zero-order chi connectivity index (χ0) is 15.4. The van der Waals surface area contributed by atoms with Gasteiger partial charge in [0.15, 0.2) is 0 Å². The molecule has 3 rings (SSSR count). The van der Waals surface area contributed by atoms with Crippen molar-refractivity contribution in [3.63, 3.8) is 0 Å². The van der Waals surface area contributed by atoms with Gasteiger partial charge < -0.3 is 10.2 Å². The molecule has 112 valence electrons. The molecule has 1 aliphatic rings. The first kappa shape index (κ1) is 14.8. The second-order valence-corrected chi connectivity index (χ2v) is 6.41. The fourth-order valence-electron chi connectivity index (χ4n) is 2.68. The standard InChI is InChI=1S/C17H17N3OS/c18-10-13-3-1-4-14(9-13)12-20-7-6-16(17(20)21)19-11-15-5-2-8-22-15/h1-5,8-9,16,19H,6-7,11-12H2/t16-/m0/s1. The SMILES string of the molecule is N#Cc1cccc(CN2CC[C@H](NCc3cccs3)C2=O)c1. The van der Waals surface area contributed by atoms with Crippen LogP contribution in [0.1, 0.15) is 22.4 Å². The topological polar surface area (TPSA) is 56.1 Å². The maximum absolute atomic E-state index is 12.4. The highest BCUT2D eigenvalue weighted by Crippen LogP contribution is 2.17. The zero-order valence-corrected chi connectivity index (χ0v) is 13.0. The van der Waals surface area contributed by atoms with Gasteiger partial charge in [-0.2, -0.15) is 5.26 Å². The molecule has 1 atom stereocenters. The maximum Gasteiger partial charge on any atom is 0.240 e. The summed E-state index contributed by atoms with van der Waals surface area (Å²) in [6.45, 7) is 2.08. The van der Waals surface area contributed by atoms with Crippen molar-refractivity contribution in [2.45, 2.75) is 25.6 Å². The number of nitrogens with zero attached hydrogens (tertiary/aromatic N) is 2. The van der Waals surface area contributed by atoms with Crippen LogP contribution < -0.4 is 5.32 Å². The Kier molecular flexibility index (Phi) is 4.52. The number of nitrogens with one attached hydrogen (secondary N) is 1. The average molecular weight is 311 g/mol. The molecule has 4 nitrogen and oxygen atoms in total. The normalized spacial score (nSPS) is 17.7. The molecule has 2 aromatic rings. The van der Waals surface area contributed by atoms with Crippen LogP contribution in [0.15, 0.2) is 41.8 Å². The largest absolute Gasteiger partial charge is 0.337 e. The number of carbonyl (C=O) groups is 1. The highest BCUT2D eigenvalue weighted by Gasteiger charge is 2.31. The van der Waals surface area contributed by atoms with E-state index in [9.17, 15) is 4.79 Å². The Morgan fingerprint density at radius 2 is 2.27 bits per heavy atom. The summed E-state index contributed by atoms with van der Waals surface area (Å²) in [5.41, 5.74) is 1.64. The van der Waals surface area contributed by atoms with E-state index in [2.05, 4.69) is 17.5 Å². The summed E-state index contributed by atoms with van der Waals surface area (Å²) in [6.07, 6.45) is 0.835. The van der Waals surface area contributed by atoms with Crippen LogP contribution in [-0.4, -0.2) is 23.4 Å². The number of nitriles is 1. The van der Waals surface area contributed by atoms with Crippen molar-refractivity contribution < 1.29 is 4.79 Å². The summed E-state index contributed by atoms with van der Waals surface area (Å²) in [6, 6.07) is 13.6. The summed E-state index contributed by atoms with van der Waals surface area (Å²) >= 11 is 1.70. The lowest BCUT2D eigenvalue weighted by Crippen LogP contribution is -2.37. The van der Waals surface area contributed by atoms with Gasteiger partial charge in [0.25, 0.3) is 0 Å². The Hall–Kier alpha value is -2.16. The Morgan fingerprint density at radius 3 is 3.05 bits per heavy atom. The Bertz CT molecular complexity index is 690. The molecule has 2 heterocycles. The quantitative estimate of drug-likeness (QED) is 0.923. The average Bonchev–Trinajstić information content (AvgIpc) is 3.17. The summed E-state index contributed by atoms with van der Waals surface area (Å²) < 4.78 is 0. The molecule has 1 N–H and O–H groups in total. The summed E-state index contributed by atoms with van der Waals surface area (Å²) in [5.74, 6) is 0.152. The van der Waals surface area contributed by atoms with Gasteiger partial charge in [-0.15, -0.1) is 11.3 Å². The van der Waals surface area contributed by atoms with Gasteiger partial charge in [-0.3, -0.25) is 4.79 Å². The molecule has 5 heteroatoms. The van der Waals surface area contributed by atoms with Crippen LogP contribution in [0.5, 0.6) is 0 Å². The number of likely N-dealkylation sites (tertiary alicyclic amines) is 1. The van der Waals surface area contributed by atoms with Crippen molar-refractivity contribution in [2.75, 3.05) is 6.54 Å². The van der Waals surface area contributed by atoms with Crippen LogP contribution in [-0.2, 0) is 17.9 Å². The third-order valence-electron chi connectivity index (χ3n) is 3.83. The number of hydrogen-bond donors (Lipinski definition) is 1. The van der Waals surface area contributed by atoms with Gasteiger partial charge in [0, 0.05) is 24.5 Å². The summed E-state index contributed by atoms with van der Waals surface area (Å²) in [4.78, 5) is 15.5. The fourth-order valence-corrected chi connectivity index (χ4v) is 3.34. The van der Waals surface area contributed by atoms with E-state index in [1.54, 1.807) is 17.4 Å². The van der Waals surface area contributed by atoms with Gasteiger partial charge in [0.2, 0.25) is 5.91 Å². The van der Waals surface area contributed by atoms with Crippen LogP contribution in [0, 0.1) is 11.3 Å². The molecule has 1 aliphatic heterocycles. The van der Waals surface area contributed by atoms with Crippen LogP contribution in [0.3, 0.4) is 0 Å². The lowest BCUT2D eigenvalue weighted by Gasteiger charge is -2.17. The molecule has 1 aromatic carbocycles. The first-order valence-electron chi connectivity index (χ1n) is 7.30. The number of benzene rings is 1. The monoisotopic (exact) mass is 311 g/mol. The van der Waals surface area contributed by atoms with E-state index in [-0.39, 0.29) is 11.9 Å². The van der Waals surface area contributed by atoms with Gasteiger partial charge in [0.05, 0.1) is 17.7 Å². The van der Waals surface area contributed by atoms with E-state index >= 15 is 0 Å². The van der Waals surface area contributed by atoms with E-state index in [4.69, 9.17) is 5.26 Å². The van der Waals surface area contributed by atoms with Crippen LogP contribution >= 0.6 is 11.3 Å². The lowest BCUT2D eigenvalue weighted by molar-refractivity contribution is -0.129. The highest BCUT2D eigenvalue weighted by atomic mass is 32.1. The third-order valence-corrected chi connectivity index (χ3v) is 4.71. The molecule has 0 aliphatic carbocycles. The van der Waals surface area contributed by atoms with Gasteiger partial charge in [-0.25, -0.2) is 0 Å². The smallest absolute Gasteiger partial charge is 0.240 e. The van der Waals surface area contributed by atoms with Gasteiger partial charge in [-0.05, 0) is 35.6 Å². The summed E-state index contributed by atoms with van der Waals surface area (Å²) in [5, 5.41) is 14.3. The molecular weight excluding hydrogens is 294 g/mol. The fraction of sp³-hybridized carbons (Fsp3) is 0.294. The first-order chi connectivity index (χ1) is 10.8. The molecule has 1 saturated heterocycles. The second-order valence-electron chi connectivity index (χ2n) is 5.37. The molecule has 1 fully saturated rings. The zero-order valence-electron chi connectivity index (χ0n) is 12.2. The molecule has 1 amide bonds. The number of rotatable bonds is 5. The predicted octanol–water partition coefficient (Wildman–Crippen LogP) is 2.51. The second kappa shape index (κ2) is 6.73. The Labute approximate surface area is 134 Å². The molecule has 0 saturated carbocycles. The molecule has 0 bridgehead atoms. The molecule has 0 unspecified atom stereocenters. The molecule has 22 heavy (non-hydrogen) atoms. The van der Waals surface area contributed by atoms with Crippen LogP contribution in [0.2, 0.25) is 0 Å². The van der Waals surface area contributed by atoms with Crippen molar-refractivity contribution in [1.29, 1.82) is 5.26 Å². The minimum absolute atomic E-state index is 0.0961. The van der Waals surface area contributed by atoms with E-state index < -0.39 is 0 Å². The van der Waals surface area contributed by atoms with Crippen molar-refractivity contribution in [3.05, 3.63) is 57.8 Å². The molecule has 1 aromatic heterocycles. The number of amides is 1. The summed E-state index contributed by atoms with van der Waals surface area (Å²) in [7, 11) is 0. The van der Waals surface area contributed by atoms with Crippen molar-refractivity contribution in [3.8, 4) is 6.07 Å². The van der Waals surface area contributed by atoms with E-state index in [0.29, 0.717) is 12.1 Å². The molecular formula is C17H17N3OS. The number of hydrogen-bond acceptors (Lipinski definition) is 4. The van der Waals surface area contributed by atoms with Crippen molar-refractivity contribution in [2.24, 2.45) is 0 Å². The van der Waals surface area contributed by atoms with Crippen molar-refractivity contribution >= 4 is 17.2 Å². The highest BCUT2D eigenvalue weighted by molar-refractivity contribution is 7.09.